The van der Waals surface area contributed by atoms with Crippen LogP contribution in [0.5, 0.6) is 0 Å². The number of para-hydroxylation sites is 1. The van der Waals surface area contributed by atoms with E-state index in [9.17, 15) is 14.4 Å². The molecule has 1 aromatic rings. The van der Waals surface area contributed by atoms with E-state index in [-0.39, 0.29) is 12.5 Å². The largest absolute Gasteiger partial charge is 0.479 e. The molecule has 0 amide bonds. The molecule has 0 aliphatic heterocycles. The molecule has 10 heteroatoms. The number of hydrogen-bond donors (Lipinski definition) is 4. The Bertz CT molecular complexity index is 506. The molecule has 2 unspecified atom stereocenters. The molecule has 0 aromatic heterocycles. The van der Waals surface area contributed by atoms with Gasteiger partial charge in [0.25, 0.3) is 0 Å². The quantitative estimate of drug-likeness (QED) is 0.401. The van der Waals surface area contributed by atoms with Gasteiger partial charge in [-0.2, -0.15) is 0 Å². The summed E-state index contributed by atoms with van der Waals surface area (Å²) >= 11 is 5.81. The minimum absolute atomic E-state index is 0.0437. The number of hydrogen-bond acceptors (Lipinski definition) is 7. The predicted octanol–water partition coefficient (Wildman–Crippen LogP) is -0.303. The van der Waals surface area contributed by atoms with Crippen LogP contribution >= 0.6 is 11.8 Å². The van der Waals surface area contributed by atoms with Crippen molar-refractivity contribution >= 4 is 35.4 Å². The highest BCUT2D eigenvalue weighted by Crippen LogP contribution is 2.14. The molecule has 1 aromatic carbocycles. The van der Waals surface area contributed by atoms with Gasteiger partial charge in [-0.05, 0) is 12.1 Å². The van der Waals surface area contributed by atoms with Crippen molar-refractivity contribution in [3.05, 3.63) is 30.3 Å². The van der Waals surface area contributed by atoms with Gasteiger partial charge in [-0.3, -0.25) is 9.21 Å². The Kier molecular flexibility index (Phi) is 9.31. The van der Waals surface area contributed by atoms with Crippen molar-refractivity contribution in [2.45, 2.75) is 12.2 Å². The molecular formula is C13H16ClNO8. The fourth-order valence-corrected chi connectivity index (χ4v) is 1.34. The van der Waals surface area contributed by atoms with Crippen molar-refractivity contribution in [1.29, 1.82) is 0 Å². The zero-order chi connectivity index (χ0) is 18.0. The summed E-state index contributed by atoms with van der Waals surface area (Å²) in [5, 5.41) is 32.5. The summed E-state index contributed by atoms with van der Waals surface area (Å²) in [4.78, 5) is 30.4. The number of aliphatic hydroxyl groups is 2. The molecule has 0 heterocycles. The Balaban J connectivity index is 0.000000438. The molecule has 0 aliphatic rings. The molecule has 23 heavy (non-hydrogen) atoms. The number of carboxylic acid groups (broad SMARTS) is 2. The topological polar surface area (TPSA) is 145 Å². The molecule has 0 radical (unpaired) electrons. The van der Waals surface area contributed by atoms with Crippen molar-refractivity contribution in [2.75, 3.05) is 18.1 Å². The van der Waals surface area contributed by atoms with Crippen LogP contribution in [0.3, 0.4) is 0 Å². The maximum absolute atomic E-state index is 10.8. The lowest BCUT2D eigenvalue weighted by Gasteiger charge is -2.13. The van der Waals surface area contributed by atoms with Crippen LogP contribution in [0.4, 0.5) is 5.69 Å². The Morgan fingerprint density at radius 2 is 1.52 bits per heavy atom. The number of carbonyl (C=O) groups excluding carboxylic acids is 1. The van der Waals surface area contributed by atoms with Gasteiger partial charge in [0.05, 0.1) is 12.8 Å². The maximum atomic E-state index is 10.8. The van der Waals surface area contributed by atoms with Crippen LogP contribution in [0.25, 0.3) is 0 Å². The lowest BCUT2D eigenvalue weighted by Crippen LogP contribution is -2.39. The number of aliphatic hydroxyl groups excluding tert-OH is 2. The molecule has 0 fully saturated rings. The number of halogens is 1. The Labute approximate surface area is 136 Å². The van der Waals surface area contributed by atoms with Crippen LogP contribution in [-0.4, -0.2) is 64.2 Å². The summed E-state index contributed by atoms with van der Waals surface area (Å²) < 4.78 is 5.79. The van der Waals surface area contributed by atoms with Crippen LogP contribution in [-0.2, 0) is 19.1 Å². The molecule has 2 atom stereocenters. The van der Waals surface area contributed by atoms with Gasteiger partial charge >= 0.3 is 17.9 Å². The number of esters is 1. The van der Waals surface area contributed by atoms with Gasteiger partial charge in [0.1, 0.15) is 6.54 Å². The summed E-state index contributed by atoms with van der Waals surface area (Å²) in [5.41, 5.74) is 0.773. The monoisotopic (exact) mass is 349 g/mol. The van der Waals surface area contributed by atoms with Crippen molar-refractivity contribution < 1.29 is 39.5 Å². The lowest BCUT2D eigenvalue weighted by atomic mass is 10.2. The first-order chi connectivity index (χ1) is 10.7. The highest BCUT2D eigenvalue weighted by molar-refractivity contribution is 6.26. The predicted molar refractivity (Wildman–Crippen MR) is 78.9 cm³/mol. The molecule has 1 rings (SSSR count). The second-order valence-corrected chi connectivity index (χ2v) is 4.41. The van der Waals surface area contributed by atoms with Gasteiger partial charge in [0, 0.05) is 11.8 Å². The van der Waals surface area contributed by atoms with E-state index in [1.807, 2.05) is 30.3 Å². The number of nitrogens with zero attached hydrogens (tertiary/aromatic N) is 1. The van der Waals surface area contributed by atoms with Crippen LogP contribution in [0, 0.1) is 0 Å². The molecule has 0 bridgehead atoms. The molecular weight excluding hydrogens is 334 g/mol. The summed E-state index contributed by atoms with van der Waals surface area (Å²) in [6.07, 6.45) is -4.53. The van der Waals surface area contributed by atoms with E-state index in [0.29, 0.717) is 0 Å². The van der Waals surface area contributed by atoms with Crippen molar-refractivity contribution in [2.24, 2.45) is 0 Å². The second kappa shape index (κ2) is 10.4. The smallest absolute Gasteiger partial charge is 0.335 e. The van der Waals surface area contributed by atoms with Gasteiger partial charge in [-0.15, -0.1) is 0 Å². The zero-order valence-corrected chi connectivity index (χ0v) is 12.8. The Hall–Kier alpha value is -2.36. The van der Waals surface area contributed by atoms with Gasteiger partial charge in [-0.25, -0.2) is 9.59 Å². The summed E-state index contributed by atoms with van der Waals surface area (Å²) in [5.74, 6) is -3.90. The van der Waals surface area contributed by atoms with E-state index in [0.717, 1.165) is 5.69 Å². The minimum atomic E-state index is -2.27. The maximum Gasteiger partial charge on any atom is 0.335 e. The number of carbonyl (C=O) groups is 3. The summed E-state index contributed by atoms with van der Waals surface area (Å²) in [6.45, 7) is 0.0437. The van der Waals surface area contributed by atoms with E-state index < -0.39 is 24.1 Å². The highest BCUT2D eigenvalue weighted by Gasteiger charge is 2.29. The molecule has 0 saturated heterocycles. The molecule has 0 spiro atoms. The number of ether oxygens (including phenoxy) is 1. The molecule has 0 saturated carbocycles. The van der Waals surface area contributed by atoms with Crippen LogP contribution in [0.1, 0.15) is 0 Å². The number of methoxy groups -OCH3 is 1. The average molecular weight is 350 g/mol. The fourth-order valence-electron chi connectivity index (χ4n) is 1.13. The van der Waals surface area contributed by atoms with E-state index >= 15 is 0 Å². The highest BCUT2D eigenvalue weighted by atomic mass is 35.5. The first-order valence-corrected chi connectivity index (χ1v) is 6.41. The lowest BCUT2D eigenvalue weighted by molar-refractivity contribution is -0.165. The van der Waals surface area contributed by atoms with Crippen molar-refractivity contribution in [3.8, 4) is 0 Å². The van der Waals surface area contributed by atoms with E-state index in [4.69, 9.17) is 32.2 Å². The normalized spacial score (nSPS) is 12.2. The van der Waals surface area contributed by atoms with Gasteiger partial charge in [0.15, 0.2) is 12.2 Å². The fraction of sp³-hybridized carbons (Fsp3) is 0.308. The van der Waals surface area contributed by atoms with Gasteiger partial charge < -0.3 is 25.2 Å². The molecule has 0 aliphatic carbocycles. The Morgan fingerprint density at radius 1 is 1.09 bits per heavy atom. The van der Waals surface area contributed by atoms with Crippen LogP contribution < -0.4 is 4.42 Å². The van der Waals surface area contributed by atoms with E-state index in [1.54, 1.807) is 0 Å². The number of carboxylic acids is 2. The standard InChI is InChI=1S/C9H10ClNO2.C4H6O6/c1-13-9(12)7-11(10)8-5-3-2-4-6-8;5-1(3(7)8)2(6)4(9)10/h2-6H,7H2,1H3;1-2,5-6H,(H,7,8)(H,9,10). The van der Waals surface area contributed by atoms with Gasteiger partial charge in [-0.1, -0.05) is 18.2 Å². The molecule has 9 nitrogen and oxygen atoms in total. The summed E-state index contributed by atoms with van der Waals surface area (Å²) in [6, 6.07) is 9.21. The number of benzene rings is 1. The van der Waals surface area contributed by atoms with E-state index in [2.05, 4.69) is 4.74 Å². The number of rotatable bonds is 6. The third-order valence-corrected chi connectivity index (χ3v) is 2.65. The third kappa shape index (κ3) is 8.00. The molecule has 4 N–H and O–H groups in total. The summed E-state index contributed by atoms with van der Waals surface area (Å²) in [7, 11) is 1.33. The minimum Gasteiger partial charge on any atom is -0.479 e. The zero-order valence-electron chi connectivity index (χ0n) is 12.0. The third-order valence-electron chi connectivity index (χ3n) is 2.34. The SMILES string of the molecule is COC(=O)CN(Cl)c1ccccc1.O=C(O)C(O)C(O)C(=O)O. The van der Waals surface area contributed by atoms with Crippen molar-refractivity contribution in [3.63, 3.8) is 0 Å². The average Bonchev–Trinajstić information content (AvgIpc) is 2.54. The Morgan fingerprint density at radius 3 is 1.87 bits per heavy atom. The van der Waals surface area contributed by atoms with Gasteiger partial charge in [0.2, 0.25) is 0 Å². The molecule has 128 valence electrons. The second-order valence-electron chi connectivity index (χ2n) is 4.00. The van der Waals surface area contributed by atoms with Crippen LogP contribution in [0.15, 0.2) is 30.3 Å². The van der Waals surface area contributed by atoms with Crippen LogP contribution in [0.2, 0.25) is 0 Å². The number of aliphatic carboxylic acids is 2. The number of anilines is 1. The first-order valence-electron chi connectivity index (χ1n) is 6.07. The van der Waals surface area contributed by atoms with Crippen molar-refractivity contribution in [1.82, 2.24) is 0 Å². The van der Waals surface area contributed by atoms with E-state index in [1.165, 1.54) is 11.5 Å². The first kappa shape index (κ1) is 20.6.